The van der Waals surface area contributed by atoms with Gasteiger partial charge in [0.2, 0.25) is 0 Å². The average Bonchev–Trinajstić information content (AvgIpc) is 3.75. The molecule has 3 aromatic heterocycles. The average molecular weight is 663 g/mol. The molecule has 10 atom stereocenters. The lowest BCUT2D eigenvalue weighted by Gasteiger charge is -2.21. The normalized spacial score (nSPS) is 33.3. The van der Waals surface area contributed by atoms with Gasteiger partial charge in [-0.05, 0) is 12.1 Å². The Balaban J connectivity index is 1.13. The van der Waals surface area contributed by atoms with E-state index in [1.807, 2.05) is 0 Å². The number of aliphatic hydroxyl groups excluding tert-OH is 1. The van der Waals surface area contributed by atoms with Crippen molar-refractivity contribution in [1.82, 2.24) is 34.5 Å². The predicted octanol–water partition coefficient (Wildman–Crippen LogP) is 2.35. The van der Waals surface area contributed by atoms with E-state index in [0.29, 0.717) is 0 Å². The summed E-state index contributed by atoms with van der Waals surface area (Å²) >= 11 is 0. The van der Waals surface area contributed by atoms with Crippen LogP contribution in [0.3, 0.4) is 0 Å². The number of ether oxygens (including phenoxy) is 2. The van der Waals surface area contributed by atoms with E-state index in [4.69, 9.17) is 33.3 Å². The van der Waals surface area contributed by atoms with Crippen molar-refractivity contribution in [3.63, 3.8) is 0 Å². The van der Waals surface area contributed by atoms with Crippen LogP contribution in [0.4, 0.5) is 23.4 Å². The van der Waals surface area contributed by atoms with E-state index in [9.17, 15) is 22.8 Å². The molecule has 3 saturated heterocycles. The summed E-state index contributed by atoms with van der Waals surface area (Å²) in [6, 6.07) is 3.40. The zero-order valence-corrected chi connectivity index (χ0v) is 23.8. The standard InChI is InChI=1S/C22H21F4N8O8P2/c23-12-16-11(40-20(12)33-7-30-14-18(27)28-6-29-19(14)33)4-37-43-41-17-15(35)10(5-38-44(36)42-16)39-21(17)34-9-3-1-2-8(22(24,25)26)13(9)31-32-34/h1-3,6-7,10-12,15-17,20-21,35,43H,4-5H2,(H2,27,28,29)/q+1/t10-,11-,12-,15-,16-,17-,20-,21-/m1/s1. The Morgan fingerprint density at radius 3 is 2.70 bits per heavy atom. The second-order valence-corrected chi connectivity index (χ2v) is 11.5. The van der Waals surface area contributed by atoms with Gasteiger partial charge >= 0.3 is 14.4 Å². The number of hydrogen-bond acceptors (Lipinski definition) is 14. The lowest BCUT2D eigenvalue weighted by molar-refractivity contribution is -0.136. The molecule has 0 saturated carbocycles. The molecule has 3 aliphatic rings. The molecule has 22 heteroatoms. The van der Waals surface area contributed by atoms with Crippen molar-refractivity contribution in [2.75, 3.05) is 18.9 Å². The smallest absolute Gasteiger partial charge is 0.387 e. The van der Waals surface area contributed by atoms with E-state index >= 15 is 4.39 Å². The number of aliphatic hydroxyl groups is 1. The highest BCUT2D eigenvalue weighted by Gasteiger charge is 2.54. The van der Waals surface area contributed by atoms with Crippen LogP contribution in [0.1, 0.15) is 18.0 Å². The molecular weight excluding hydrogens is 642 g/mol. The van der Waals surface area contributed by atoms with Crippen LogP contribution in [0.15, 0.2) is 30.9 Å². The largest absolute Gasteiger partial charge is 0.697 e. The number of anilines is 1. The fraction of sp³-hybridized carbons (Fsp3) is 0.500. The van der Waals surface area contributed by atoms with Crippen LogP contribution >= 0.6 is 17.3 Å². The SMILES string of the molecule is Nc1ncnc2c1ncn2[C@@H]1O[C@@H]2COPO[C@@H]3[C@H](O)[C@@H](CO[P+](=O)O[C@H]2[C@H]1F)O[C@H]3n1nnc2c(C(F)(F)F)cccc21. The Bertz CT molecular complexity index is 1710. The van der Waals surface area contributed by atoms with Crippen molar-refractivity contribution in [3.05, 3.63) is 36.4 Å². The zero-order chi connectivity index (χ0) is 30.7. The Labute approximate surface area is 245 Å². The van der Waals surface area contributed by atoms with E-state index in [2.05, 4.69) is 25.3 Å². The highest BCUT2D eigenvalue weighted by atomic mass is 31.1. The molecule has 0 radical (unpaired) electrons. The molecule has 16 nitrogen and oxygen atoms in total. The summed E-state index contributed by atoms with van der Waals surface area (Å²) in [7, 11) is -3.78. The van der Waals surface area contributed by atoms with Crippen LogP contribution in [-0.2, 0) is 38.3 Å². The molecule has 2 unspecified atom stereocenters. The monoisotopic (exact) mass is 663 g/mol. The first-order valence-electron chi connectivity index (χ1n) is 12.9. The summed E-state index contributed by atoms with van der Waals surface area (Å²) < 4.78 is 105. The molecule has 3 N–H and O–H groups in total. The quantitative estimate of drug-likeness (QED) is 0.235. The summed E-state index contributed by atoms with van der Waals surface area (Å²) in [5.74, 6) is 0.0798. The Hall–Kier alpha value is -3.06. The van der Waals surface area contributed by atoms with Crippen LogP contribution in [-0.4, -0.2) is 89.5 Å². The fourth-order valence-corrected chi connectivity index (χ4v) is 6.71. The summed E-state index contributed by atoms with van der Waals surface area (Å²) in [5.41, 5.74) is 4.78. The summed E-state index contributed by atoms with van der Waals surface area (Å²) in [5, 5.41) is 18.5. The van der Waals surface area contributed by atoms with Crippen LogP contribution in [0.25, 0.3) is 22.2 Å². The summed E-state index contributed by atoms with van der Waals surface area (Å²) in [6.45, 7) is -0.829. The van der Waals surface area contributed by atoms with Gasteiger partial charge in [0.05, 0.1) is 24.0 Å². The predicted molar refractivity (Wildman–Crippen MR) is 139 cm³/mol. The van der Waals surface area contributed by atoms with Gasteiger partial charge < -0.3 is 29.4 Å². The molecule has 0 amide bonds. The highest BCUT2D eigenvalue weighted by Crippen LogP contribution is 2.44. The number of halogens is 4. The minimum Gasteiger partial charge on any atom is -0.387 e. The molecule has 0 spiro atoms. The van der Waals surface area contributed by atoms with Crippen molar-refractivity contribution in [2.24, 2.45) is 0 Å². The fourth-order valence-electron chi connectivity index (χ4n) is 5.26. The second kappa shape index (κ2) is 11.4. The van der Waals surface area contributed by atoms with Crippen molar-refractivity contribution in [2.45, 2.75) is 55.3 Å². The van der Waals surface area contributed by atoms with E-state index in [1.165, 1.54) is 29.4 Å². The molecule has 0 aliphatic carbocycles. The van der Waals surface area contributed by atoms with Gasteiger partial charge in [-0.25, -0.2) is 24.0 Å². The molecule has 7 rings (SSSR count). The minimum absolute atomic E-state index is 0.0340. The van der Waals surface area contributed by atoms with Crippen LogP contribution < -0.4 is 5.73 Å². The molecule has 1 aromatic carbocycles. The van der Waals surface area contributed by atoms with Gasteiger partial charge in [-0.2, -0.15) is 13.2 Å². The first kappa shape index (κ1) is 29.6. The van der Waals surface area contributed by atoms with Gasteiger partial charge in [0, 0.05) is 4.57 Å². The molecule has 4 aromatic rings. The van der Waals surface area contributed by atoms with Gasteiger partial charge in [-0.3, -0.25) is 4.57 Å². The second-order valence-electron chi connectivity index (χ2n) is 9.92. The van der Waals surface area contributed by atoms with Crippen molar-refractivity contribution >= 4 is 45.3 Å². The van der Waals surface area contributed by atoms with Gasteiger partial charge in [0.1, 0.15) is 48.4 Å². The van der Waals surface area contributed by atoms with E-state index < -0.39 is 90.3 Å². The van der Waals surface area contributed by atoms with Crippen LogP contribution in [0, 0.1) is 0 Å². The van der Waals surface area contributed by atoms with Crippen LogP contribution in [0.2, 0.25) is 0 Å². The number of nitrogens with two attached hydrogens (primary N) is 1. The van der Waals surface area contributed by atoms with Crippen molar-refractivity contribution in [1.29, 1.82) is 0 Å². The number of fused-ring (bicyclic) bond motifs is 5. The van der Waals surface area contributed by atoms with Gasteiger partial charge in [-0.1, -0.05) is 11.3 Å². The molecular formula is C22H21F4N8O8P2+. The maximum absolute atomic E-state index is 15.8. The van der Waals surface area contributed by atoms with E-state index in [-0.39, 0.29) is 29.1 Å². The van der Waals surface area contributed by atoms with Gasteiger partial charge in [-0.15, -0.1) is 14.1 Å². The lowest BCUT2D eigenvalue weighted by atomic mass is 10.1. The number of benzene rings is 1. The molecule has 2 bridgehead atoms. The van der Waals surface area contributed by atoms with Gasteiger partial charge in [0.15, 0.2) is 45.2 Å². The van der Waals surface area contributed by atoms with Crippen LogP contribution in [0.5, 0.6) is 0 Å². The molecule has 44 heavy (non-hydrogen) atoms. The van der Waals surface area contributed by atoms with Crippen molar-refractivity contribution < 1.29 is 54.8 Å². The van der Waals surface area contributed by atoms with Gasteiger partial charge in [0.25, 0.3) is 0 Å². The number of nitrogens with zero attached hydrogens (tertiary/aromatic N) is 7. The third-order valence-electron chi connectivity index (χ3n) is 7.33. The van der Waals surface area contributed by atoms with Crippen molar-refractivity contribution in [3.8, 4) is 0 Å². The summed E-state index contributed by atoms with van der Waals surface area (Å²) in [6.07, 6.45) is -13.1. The maximum Gasteiger partial charge on any atom is 0.697 e. The summed E-state index contributed by atoms with van der Waals surface area (Å²) in [4.78, 5) is 12.1. The third-order valence-corrected chi connectivity index (χ3v) is 8.76. The highest BCUT2D eigenvalue weighted by molar-refractivity contribution is 7.33. The van der Waals surface area contributed by atoms with E-state index in [1.54, 1.807) is 0 Å². The molecule has 6 heterocycles. The maximum atomic E-state index is 15.8. The van der Waals surface area contributed by atoms with E-state index in [0.717, 1.165) is 10.7 Å². The third kappa shape index (κ3) is 5.09. The zero-order valence-electron chi connectivity index (χ0n) is 21.9. The Morgan fingerprint density at radius 1 is 1.07 bits per heavy atom. The number of aromatic nitrogens is 7. The Kier molecular flexibility index (Phi) is 7.67. The number of rotatable bonds is 2. The number of hydrogen-bond donors (Lipinski definition) is 2. The molecule has 3 aliphatic heterocycles. The number of alkyl halides is 4. The number of imidazole rings is 1. The molecule has 234 valence electrons. The lowest BCUT2D eigenvalue weighted by Crippen LogP contribution is -2.34. The first-order chi connectivity index (χ1) is 21.1. The number of nitrogen functional groups attached to an aromatic ring is 1. The Morgan fingerprint density at radius 2 is 1.89 bits per heavy atom. The first-order valence-corrected chi connectivity index (χ1v) is 14.8. The molecule has 3 fully saturated rings. The minimum atomic E-state index is -4.69. The topological polar surface area (TPSA) is 193 Å².